The van der Waals surface area contributed by atoms with Gasteiger partial charge in [0.25, 0.3) is 0 Å². The highest BCUT2D eigenvalue weighted by Crippen LogP contribution is 2.36. The molecule has 0 spiro atoms. The van der Waals surface area contributed by atoms with Gasteiger partial charge in [-0.2, -0.15) is 5.26 Å². The Morgan fingerprint density at radius 1 is 0.967 bits per heavy atom. The van der Waals surface area contributed by atoms with Crippen molar-refractivity contribution >= 4 is 0 Å². The first-order chi connectivity index (χ1) is 14.5. The lowest BCUT2D eigenvalue weighted by molar-refractivity contribution is 0.222. The highest BCUT2D eigenvalue weighted by molar-refractivity contribution is 5.27. The summed E-state index contributed by atoms with van der Waals surface area (Å²) < 4.78 is 13.9. The Morgan fingerprint density at radius 2 is 1.60 bits per heavy atom. The van der Waals surface area contributed by atoms with Crippen molar-refractivity contribution in [3.05, 3.63) is 71.3 Å². The number of hydrogen-bond donors (Lipinski definition) is 0. The third-order valence-corrected chi connectivity index (χ3v) is 6.01. The Balaban J connectivity index is 0.00000101. The summed E-state index contributed by atoms with van der Waals surface area (Å²) in [5, 5.41) is 7.32. The molecular weight excluding hydrogens is 371 g/mol. The normalized spacial score (nSPS) is 18.2. The lowest BCUT2D eigenvalue weighted by atomic mass is 9.95. The SMILES string of the molecule is CC#N.CC(C)N(CCCc1ccc(C2CCCC2F)cc1)CCc1ccccc1. The summed E-state index contributed by atoms with van der Waals surface area (Å²) in [5.74, 6) is 0.133. The summed E-state index contributed by atoms with van der Waals surface area (Å²) in [6, 6.07) is 21.8. The number of benzene rings is 2. The summed E-state index contributed by atoms with van der Waals surface area (Å²) in [4.78, 5) is 2.58. The van der Waals surface area contributed by atoms with Crippen molar-refractivity contribution in [2.75, 3.05) is 13.1 Å². The van der Waals surface area contributed by atoms with Crippen LogP contribution in [0.25, 0.3) is 0 Å². The number of alkyl halides is 1. The van der Waals surface area contributed by atoms with Crippen molar-refractivity contribution in [2.45, 2.75) is 77.4 Å². The number of halogens is 1. The zero-order valence-electron chi connectivity index (χ0n) is 18.9. The first kappa shape index (κ1) is 24.1. The molecule has 0 radical (unpaired) electrons. The van der Waals surface area contributed by atoms with E-state index in [1.165, 1.54) is 30.0 Å². The maximum absolute atomic E-state index is 13.9. The molecule has 2 aromatic carbocycles. The molecule has 0 N–H and O–H groups in total. The molecule has 0 saturated heterocycles. The standard InChI is InChI=1S/C25H34FN.C2H3N/c1-20(2)27(19-17-21-8-4-3-5-9-21)18-7-10-22-13-15-23(16-14-22)24-11-6-12-25(24)26;1-2-3/h3-5,8-9,13-16,20,24-25H,6-7,10-12,17-19H2,1-2H3;1H3. The largest absolute Gasteiger partial charge is 0.301 e. The van der Waals surface area contributed by atoms with E-state index in [-0.39, 0.29) is 5.92 Å². The van der Waals surface area contributed by atoms with Gasteiger partial charge in [-0.3, -0.25) is 0 Å². The van der Waals surface area contributed by atoms with Crippen LogP contribution in [0.4, 0.5) is 4.39 Å². The number of nitrogens with zero attached hydrogens (tertiary/aromatic N) is 2. The highest BCUT2D eigenvalue weighted by Gasteiger charge is 2.28. The minimum atomic E-state index is -0.639. The van der Waals surface area contributed by atoms with Crippen molar-refractivity contribution < 1.29 is 4.39 Å². The van der Waals surface area contributed by atoms with E-state index in [2.05, 4.69) is 73.3 Å². The third kappa shape index (κ3) is 7.92. The van der Waals surface area contributed by atoms with Gasteiger partial charge in [0.15, 0.2) is 0 Å². The molecule has 0 aromatic heterocycles. The predicted octanol–water partition coefficient (Wildman–Crippen LogP) is 6.71. The maximum Gasteiger partial charge on any atom is 0.107 e. The van der Waals surface area contributed by atoms with E-state index in [1.54, 1.807) is 6.07 Å². The molecular formula is C27H37FN2. The van der Waals surface area contributed by atoms with E-state index in [0.717, 1.165) is 45.2 Å². The van der Waals surface area contributed by atoms with Crippen LogP contribution in [0.15, 0.2) is 54.6 Å². The Labute approximate surface area is 182 Å². The quantitative estimate of drug-likeness (QED) is 0.461. The molecule has 1 saturated carbocycles. The third-order valence-electron chi connectivity index (χ3n) is 6.01. The van der Waals surface area contributed by atoms with Crippen LogP contribution in [0, 0.1) is 11.3 Å². The lowest BCUT2D eigenvalue weighted by Gasteiger charge is -2.26. The number of rotatable bonds is 9. The Kier molecular flexibility index (Phi) is 10.6. The van der Waals surface area contributed by atoms with E-state index >= 15 is 0 Å². The molecule has 0 heterocycles. The van der Waals surface area contributed by atoms with Crippen molar-refractivity contribution in [1.29, 1.82) is 5.26 Å². The van der Waals surface area contributed by atoms with Crippen LogP contribution in [0.3, 0.4) is 0 Å². The zero-order chi connectivity index (χ0) is 21.8. The average Bonchev–Trinajstić information content (AvgIpc) is 3.18. The Morgan fingerprint density at radius 3 is 2.17 bits per heavy atom. The smallest absolute Gasteiger partial charge is 0.107 e. The molecule has 2 unspecified atom stereocenters. The van der Waals surface area contributed by atoms with Crippen LogP contribution in [-0.4, -0.2) is 30.2 Å². The second-order valence-electron chi connectivity index (χ2n) is 8.49. The predicted molar refractivity (Wildman–Crippen MR) is 124 cm³/mol. The molecule has 0 aliphatic heterocycles. The number of hydrogen-bond acceptors (Lipinski definition) is 2. The summed E-state index contributed by atoms with van der Waals surface area (Å²) in [6.45, 7) is 8.24. The van der Waals surface area contributed by atoms with E-state index in [9.17, 15) is 4.39 Å². The van der Waals surface area contributed by atoms with Gasteiger partial charge in [0.05, 0.1) is 6.07 Å². The molecule has 0 bridgehead atoms. The number of nitriles is 1. The van der Waals surface area contributed by atoms with Gasteiger partial charge in [0.1, 0.15) is 6.17 Å². The van der Waals surface area contributed by atoms with Crippen LogP contribution in [0.2, 0.25) is 0 Å². The highest BCUT2D eigenvalue weighted by atomic mass is 19.1. The summed E-state index contributed by atoms with van der Waals surface area (Å²) >= 11 is 0. The molecule has 0 amide bonds. The van der Waals surface area contributed by atoms with E-state index < -0.39 is 6.17 Å². The molecule has 2 aromatic rings. The van der Waals surface area contributed by atoms with Gasteiger partial charge in [0.2, 0.25) is 0 Å². The van der Waals surface area contributed by atoms with E-state index in [4.69, 9.17) is 5.26 Å². The maximum atomic E-state index is 13.9. The molecule has 1 fully saturated rings. The minimum Gasteiger partial charge on any atom is -0.301 e. The van der Waals surface area contributed by atoms with Gasteiger partial charge in [-0.15, -0.1) is 0 Å². The fourth-order valence-corrected chi connectivity index (χ4v) is 4.25. The topological polar surface area (TPSA) is 27.0 Å². The second-order valence-corrected chi connectivity index (χ2v) is 8.49. The van der Waals surface area contributed by atoms with Crippen LogP contribution in [0.5, 0.6) is 0 Å². The van der Waals surface area contributed by atoms with Crippen LogP contribution >= 0.6 is 0 Å². The first-order valence-corrected chi connectivity index (χ1v) is 11.4. The van der Waals surface area contributed by atoms with Gasteiger partial charge >= 0.3 is 0 Å². The van der Waals surface area contributed by atoms with Crippen molar-refractivity contribution in [3.63, 3.8) is 0 Å². The van der Waals surface area contributed by atoms with Crippen LogP contribution in [0.1, 0.15) is 69.1 Å². The molecule has 162 valence electrons. The Bertz CT molecular complexity index is 749. The van der Waals surface area contributed by atoms with Gasteiger partial charge in [-0.1, -0.05) is 54.6 Å². The second kappa shape index (κ2) is 13.2. The van der Waals surface area contributed by atoms with Crippen LogP contribution in [-0.2, 0) is 12.8 Å². The minimum absolute atomic E-state index is 0.133. The molecule has 1 aliphatic carbocycles. The molecule has 2 atom stereocenters. The number of aryl methyl sites for hydroxylation is 1. The van der Waals surface area contributed by atoms with Gasteiger partial charge in [-0.05, 0) is 75.6 Å². The molecule has 2 nitrogen and oxygen atoms in total. The lowest BCUT2D eigenvalue weighted by Crippen LogP contribution is -2.34. The van der Waals surface area contributed by atoms with Gasteiger partial charge < -0.3 is 4.90 Å². The van der Waals surface area contributed by atoms with E-state index in [0.29, 0.717) is 6.04 Å². The van der Waals surface area contributed by atoms with Crippen LogP contribution < -0.4 is 0 Å². The van der Waals surface area contributed by atoms with Crippen molar-refractivity contribution in [1.82, 2.24) is 4.90 Å². The van der Waals surface area contributed by atoms with Gasteiger partial charge in [0, 0.05) is 25.4 Å². The first-order valence-electron chi connectivity index (χ1n) is 11.4. The average molecular weight is 409 g/mol. The van der Waals surface area contributed by atoms with Crippen molar-refractivity contribution in [3.8, 4) is 6.07 Å². The Hall–Kier alpha value is -2.18. The van der Waals surface area contributed by atoms with Crippen molar-refractivity contribution in [2.24, 2.45) is 0 Å². The molecule has 30 heavy (non-hydrogen) atoms. The fourth-order valence-electron chi connectivity index (χ4n) is 4.25. The summed E-state index contributed by atoms with van der Waals surface area (Å²) in [6.07, 6.45) is 5.51. The fraction of sp³-hybridized carbons (Fsp3) is 0.519. The van der Waals surface area contributed by atoms with E-state index in [1.807, 2.05) is 0 Å². The molecule has 3 heteroatoms. The molecule has 3 rings (SSSR count). The summed E-state index contributed by atoms with van der Waals surface area (Å²) in [7, 11) is 0. The molecule has 1 aliphatic rings. The zero-order valence-corrected chi connectivity index (χ0v) is 18.9. The van der Waals surface area contributed by atoms with Gasteiger partial charge in [-0.25, -0.2) is 4.39 Å². The monoisotopic (exact) mass is 408 g/mol. The summed E-state index contributed by atoms with van der Waals surface area (Å²) in [5.41, 5.74) is 3.98.